The molecule has 0 amide bonds. The van der Waals surface area contributed by atoms with Gasteiger partial charge in [-0.05, 0) is 134 Å². The van der Waals surface area contributed by atoms with Crippen LogP contribution in [-0.2, 0) is 0 Å². The fourth-order valence-electron chi connectivity index (χ4n) is 10.5. The minimum Gasteiger partial charge on any atom is -0.208 e. The van der Waals surface area contributed by atoms with Gasteiger partial charge in [-0.1, -0.05) is 188 Å². The third kappa shape index (κ3) is 6.15. The molecule has 2 heterocycles. The third-order valence-corrected chi connectivity index (χ3v) is 14.8. The number of hydrogen-bond acceptors (Lipinski definition) is 4. The van der Waals surface area contributed by atoms with Gasteiger partial charge >= 0.3 is 0 Å². The lowest BCUT2D eigenvalue weighted by atomic mass is 9.86. The summed E-state index contributed by atoms with van der Waals surface area (Å²) in [4.78, 5) is 16.8. The van der Waals surface area contributed by atoms with Crippen LogP contribution in [0.3, 0.4) is 0 Å². The molecule has 12 aromatic carbocycles. The number of nitrogens with zero attached hydrogens (tertiary/aromatic N) is 3. The van der Waals surface area contributed by atoms with Crippen LogP contribution in [0.25, 0.3) is 142 Å². The fourth-order valence-corrected chi connectivity index (χ4v) is 11.6. The Morgan fingerprint density at radius 3 is 1.46 bits per heavy atom. The van der Waals surface area contributed by atoms with Crippen molar-refractivity contribution >= 4 is 86.1 Å². The Balaban J connectivity index is 0.946. The van der Waals surface area contributed by atoms with Gasteiger partial charge in [-0.15, -0.1) is 11.3 Å². The van der Waals surface area contributed by atoms with Crippen LogP contribution in [0.15, 0.2) is 224 Å². The van der Waals surface area contributed by atoms with Gasteiger partial charge in [0.1, 0.15) is 0 Å². The van der Waals surface area contributed by atoms with Crippen molar-refractivity contribution in [3.63, 3.8) is 0 Å². The Morgan fingerprint density at radius 2 is 0.746 bits per heavy atom. The summed E-state index contributed by atoms with van der Waals surface area (Å²) < 4.78 is 1.27. The van der Waals surface area contributed by atoms with Crippen molar-refractivity contribution in [1.82, 2.24) is 15.0 Å². The van der Waals surface area contributed by atoms with Gasteiger partial charge < -0.3 is 0 Å². The smallest absolute Gasteiger partial charge is 0.164 e. The van der Waals surface area contributed by atoms with Crippen LogP contribution in [0.4, 0.5) is 0 Å². The number of thiophene rings is 1. The molecule has 3 nitrogen and oxygen atoms in total. The summed E-state index contributed by atoms with van der Waals surface area (Å²) in [6.45, 7) is 0. The van der Waals surface area contributed by atoms with Gasteiger partial charge in [-0.3, -0.25) is 0 Å². The van der Waals surface area contributed by atoms with Crippen LogP contribution in [0.1, 0.15) is 0 Å². The number of hydrogen-bond donors (Lipinski definition) is 0. The first-order valence-electron chi connectivity index (χ1n) is 22.7. The topological polar surface area (TPSA) is 38.7 Å². The second-order valence-electron chi connectivity index (χ2n) is 17.5. The maximum Gasteiger partial charge on any atom is 0.164 e. The van der Waals surface area contributed by atoms with Crippen LogP contribution in [0.5, 0.6) is 0 Å². The first-order valence-corrected chi connectivity index (χ1v) is 23.6. The quantitative estimate of drug-likeness (QED) is 0.156. The molecule has 14 aromatic rings. The molecular formula is C63H37N3S. The van der Waals surface area contributed by atoms with Crippen LogP contribution in [-0.4, -0.2) is 15.0 Å². The number of fused-ring (bicyclic) bond motifs is 3. The summed E-state index contributed by atoms with van der Waals surface area (Å²) in [5.74, 6) is 1.90. The molecule has 0 fully saturated rings. The van der Waals surface area contributed by atoms with Crippen molar-refractivity contribution in [1.29, 1.82) is 0 Å². The minimum absolute atomic E-state index is 0.629. The Kier molecular flexibility index (Phi) is 8.45. The summed E-state index contributed by atoms with van der Waals surface area (Å²) in [5, 5.41) is 16.6. The van der Waals surface area contributed by atoms with Gasteiger partial charge in [-0.25, -0.2) is 15.0 Å². The highest BCUT2D eigenvalue weighted by atomic mass is 32.1. The molecule has 14 rings (SSSR count). The van der Waals surface area contributed by atoms with E-state index >= 15 is 0 Å². The predicted octanol–water partition coefficient (Wildman–Crippen LogP) is 17.4. The van der Waals surface area contributed by atoms with Crippen LogP contribution < -0.4 is 0 Å². The maximum atomic E-state index is 5.28. The summed E-state index contributed by atoms with van der Waals surface area (Å²) in [7, 11) is 0. The van der Waals surface area contributed by atoms with E-state index in [1.165, 1.54) is 85.2 Å². The van der Waals surface area contributed by atoms with Crippen LogP contribution in [0.2, 0.25) is 0 Å². The average Bonchev–Trinajstić information content (AvgIpc) is 3.84. The molecule has 0 unspecified atom stereocenters. The maximum absolute atomic E-state index is 5.28. The molecule has 310 valence electrons. The second-order valence-corrected chi connectivity index (χ2v) is 18.6. The molecule has 0 aliphatic rings. The normalized spacial score (nSPS) is 11.9. The Morgan fingerprint density at radius 1 is 0.254 bits per heavy atom. The van der Waals surface area contributed by atoms with E-state index in [9.17, 15) is 0 Å². The Labute approximate surface area is 390 Å². The fraction of sp³-hybridized carbons (Fsp3) is 0. The summed E-state index contributed by atoms with van der Waals surface area (Å²) in [6.07, 6.45) is 0. The zero-order valence-electron chi connectivity index (χ0n) is 36.1. The summed E-state index contributed by atoms with van der Waals surface area (Å²) >= 11 is 1.80. The first kappa shape index (κ1) is 37.8. The number of benzene rings is 11. The van der Waals surface area contributed by atoms with E-state index in [4.69, 9.17) is 15.0 Å². The molecule has 0 spiro atoms. The molecule has 0 radical (unpaired) electrons. The van der Waals surface area contributed by atoms with E-state index in [2.05, 4.69) is 206 Å². The van der Waals surface area contributed by atoms with E-state index in [0.29, 0.717) is 17.5 Å². The van der Waals surface area contributed by atoms with Crippen molar-refractivity contribution in [2.75, 3.05) is 0 Å². The van der Waals surface area contributed by atoms with Crippen LogP contribution in [0, 0.1) is 0 Å². The first-order chi connectivity index (χ1) is 33.2. The van der Waals surface area contributed by atoms with E-state index in [-0.39, 0.29) is 0 Å². The SMILES string of the molecule is c1ccc(-c2nc(-c3cccc(-c4cc5ccccc5s4)c3)nc(-c3ccccc3-c3cccc(-c4cc5ccc6cccc7c8cccc9ccc%10cccc(c(c4)c5c67)c%10c98)c3)n2)cc1. The zero-order valence-corrected chi connectivity index (χ0v) is 36.9. The molecule has 0 saturated carbocycles. The molecule has 0 aliphatic heterocycles. The van der Waals surface area contributed by atoms with Crippen LogP contribution >= 0.6 is 11.3 Å². The molecule has 0 aliphatic carbocycles. The summed E-state index contributed by atoms with van der Waals surface area (Å²) in [5.41, 5.74) is 8.42. The van der Waals surface area contributed by atoms with Crippen molar-refractivity contribution in [2.24, 2.45) is 0 Å². The lowest BCUT2D eigenvalue weighted by Gasteiger charge is -2.17. The van der Waals surface area contributed by atoms with Crippen molar-refractivity contribution in [3.05, 3.63) is 224 Å². The second kappa shape index (κ2) is 15.0. The molecule has 2 aromatic heterocycles. The van der Waals surface area contributed by atoms with E-state index in [0.717, 1.165) is 38.9 Å². The molecule has 0 bridgehead atoms. The van der Waals surface area contributed by atoms with Crippen molar-refractivity contribution in [3.8, 4) is 66.9 Å². The van der Waals surface area contributed by atoms with Gasteiger partial charge in [0, 0.05) is 26.3 Å². The average molecular weight is 868 g/mol. The summed E-state index contributed by atoms with van der Waals surface area (Å²) in [6, 6.07) is 81.4. The van der Waals surface area contributed by atoms with Gasteiger partial charge in [0.05, 0.1) is 0 Å². The highest BCUT2D eigenvalue weighted by molar-refractivity contribution is 7.22. The molecule has 4 heteroatoms. The standard InChI is InChI=1S/C63H37N3S/c1-2-13-41(14-3-1)61-64-62(47-22-9-21-44(34-47)56-37-45-15-4-7-28-55(45)67-56)66-63(65-61)53-24-6-5-23-49(53)43-20-8-19-42(33-43)48-35-46-32-31-40-17-11-26-51-50-25-10-16-38-29-30-39-18-12-27-52(59(39)57(38)50)54(36-48)60(46)58(40)51/h1-37H. The number of aromatic nitrogens is 3. The van der Waals surface area contributed by atoms with E-state index in [1.807, 2.05) is 18.2 Å². The molecule has 0 N–H and O–H groups in total. The highest BCUT2D eigenvalue weighted by Crippen LogP contribution is 2.45. The van der Waals surface area contributed by atoms with Crippen molar-refractivity contribution < 1.29 is 0 Å². The highest BCUT2D eigenvalue weighted by Gasteiger charge is 2.19. The Hall–Kier alpha value is -8.57. The van der Waals surface area contributed by atoms with Gasteiger partial charge in [0.2, 0.25) is 0 Å². The monoisotopic (exact) mass is 867 g/mol. The minimum atomic E-state index is 0.629. The lowest BCUT2D eigenvalue weighted by Crippen LogP contribution is -2.01. The van der Waals surface area contributed by atoms with Gasteiger partial charge in [0.25, 0.3) is 0 Å². The van der Waals surface area contributed by atoms with Gasteiger partial charge in [0.15, 0.2) is 17.5 Å². The molecular weight excluding hydrogens is 831 g/mol. The van der Waals surface area contributed by atoms with E-state index < -0.39 is 0 Å². The largest absolute Gasteiger partial charge is 0.208 e. The molecule has 0 saturated heterocycles. The molecule has 0 atom stereocenters. The zero-order chi connectivity index (χ0) is 44.0. The molecule has 67 heavy (non-hydrogen) atoms. The number of rotatable bonds is 6. The predicted molar refractivity (Wildman–Crippen MR) is 284 cm³/mol. The van der Waals surface area contributed by atoms with Gasteiger partial charge in [-0.2, -0.15) is 0 Å². The lowest BCUT2D eigenvalue weighted by molar-refractivity contribution is 1.07. The third-order valence-electron chi connectivity index (χ3n) is 13.6. The van der Waals surface area contributed by atoms with E-state index in [1.54, 1.807) is 11.3 Å². The van der Waals surface area contributed by atoms with Crippen molar-refractivity contribution in [2.45, 2.75) is 0 Å². The Bertz CT molecular complexity index is 4240.